The van der Waals surface area contributed by atoms with E-state index >= 15 is 4.39 Å². The average molecular weight is 535 g/mol. The molecule has 9 nitrogen and oxygen atoms in total. The molecule has 4 aromatic rings. The Morgan fingerprint density at radius 3 is 2.54 bits per heavy atom. The van der Waals surface area contributed by atoms with Gasteiger partial charge in [0.05, 0.1) is 31.7 Å². The number of rotatable bonds is 8. The predicted octanol–water partition coefficient (Wildman–Crippen LogP) is 5.27. The van der Waals surface area contributed by atoms with Gasteiger partial charge in [0.25, 0.3) is 0 Å². The molecule has 0 unspecified atom stereocenters. The molecule has 1 fully saturated rings. The van der Waals surface area contributed by atoms with Crippen LogP contribution in [0.5, 0.6) is 0 Å². The van der Waals surface area contributed by atoms with E-state index in [1.54, 1.807) is 28.7 Å². The number of nitrogens with zero attached hydrogens (tertiary/aromatic N) is 4. The number of ether oxygens (including phenoxy) is 2. The van der Waals surface area contributed by atoms with Gasteiger partial charge in [0.2, 0.25) is 0 Å². The number of hydrogen-bond donors (Lipinski definition) is 2. The Hall–Kier alpha value is -4.02. The highest BCUT2D eigenvalue weighted by Crippen LogP contribution is 2.36. The number of benzene rings is 2. The molecule has 0 spiro atoms. The van der Waals surface area contributed by atoms with Crippen molar-refractivity contribution in [1.29, 1.82) is 0 Å². The van der Waals surface area contributed by atoms with Gasteiger partial charge in [-0.3, -0.25) is 10.00 Å². The highest BCUT2D eigenvalue weighted by atomic mass is 19.1. The number of aryl methyl sites for hydroxylation is 1. The number of methoxy groups -OCH3 is 1. The topological polar surface area (TPSA) is 95.2 Å². The minimum absolute atomic E-state index is 0.00238. The SMILES string of the molecule is CC.COCc1ccc(C2(F)COC2)c(CNC(=O)Nc2c(C)c(-c3cnn(C)c3)nn2-c2ccccc2)c1. The van der Waals surface area contributed by atoms with Crippen molar-refractivity contribution in [3.63, 3.8) is 0 Å². The number of halogens is 1. The van der Waals surface area contributed by atoms with Gasteiger partial charge in [0.1, 0.15) is 11.5 Å². The molecule has 2 aromatic heterocycles. The summed E-state index contributed by atoms with van der Waals surface area (Å²) in [5, 5.41) is 14.9. The Kier molecular flexibility index (Phi) is 8.78. The summed E-state index contributed by atoms with van der Waals surface area (Å²) in [6.45, 7) is 6.44. The zero-order chi connectivity index (χ0) is 28.0. The van der Waals surface area contributed by atoms with Gasteiger partial charge in [-0.05, 0) is 35.7 Å². The fraction of sp³-hybridized carbons (Fsp3) is 0.345. The zero-order valence-corrected chi connectivity index (χ0v) is 23.0. The van der Waals surface area contributed by atoms with Gasteiger partial charge in [-0.2, -0.15) is 10.2 Å². The van der Waals surface area contributed by atoms with Crippen molar-refractivity contribution >= 4 is 11.8 Å². The van der Waals surface area contributed by atoms with E-state index in [1.165, 1.54) is 0 Å². The molecule has 0 radical (unpaired) electrons. The van der Waals surface area contributed by atoms with Crippen molar-refractivity contribution in [2.45, 2.75) is 39.6 Å². The Morgan fingerprint density at radius 2 is 1.92 bits per heavy atom. The van der Waals surface area contributed by atoms with Crippen LogP contribution >= 0.6 is 0 Å². The molecule has 2 N–H and O–H groups in total. The molecule has 2 aromatic carbocycles. The Morgan fingerprint density at radius 1 is 1.18 bits per heavy atom. The number of anilines is 1. The first kappa shape index (κ1) is 28.0. The van der Waals surface area contributed by atoms with Crippen LogP contribution in [0.1, 0.15) is 36.1 Å². The van der Waals surface area contributed by atoms with Gasteiger partial charge in [0, 0.05) is 38.0 Å². The summed E-state index contributed by atoms with van der Waals surface area (Å²) in [5.41, 5.74) is 3.69. The van der Waals surface area contributed by atoms with E-state index in [-0.39, 0.29) is 19.8 Å². The summed E-state index contributed by atoms with van der Waals surface area (Å²) in [4.78, 5) is 13.1. The van der Waals surface area contributed by atoms with Crippen LogP contribution in [0, 0.1) is 6.92 Å². The average Bonchev–Trinajstić information content (AvgIpc) is 3.51. The molecule has 1 aliphatic heterocycles. The molecular weight excluding hydrogens is 499 g/mol. The van der Waals surface area contributed by atoms with E-state index in [2.05, 4.69) is 15.7 Å². The van der Waals surface area contributed by atoms with E-state index in [0.717, 1.165) is 22.4 Å². The first-order valence-corrected chi connectivity index (χ1v) is 12.9. The highest BCUT2D eigenvalue weighted by molar-refractivity contribution is 5.90. The third kappa shape index (κ3) is 6.02. The molecule has 0 atom stereocenters. The minimum atomic E-state index is -1.56. The van der Waals surface area contributed by atoms with Crippen molar-refractivity contribution in [2.75, 3.05) is 25.6 Å². The van der Waals surface area contributed by atoms with Crippen molar-refractivity contribution in [1.82, 2.24) is 24.9 Å². The van der Waals surface area contributed by atoms with Crippen LogP contribution in [0.2, 0.25) is 0 Å². The number of urea groups is 1. The molecule has 0 saturated carbocycles. The molecule has 0 bridgehead atoms. The fourth-order valence-corrected chi connectivity index (χ4v) is 4.47. The summed E-state index contributed by atoms with van der Waals surface area (Å²) in [6, 6.07) is 14.6. The maximum atomic E-state index is 15.2. The lowest BCUT2D eigenvalue weighted by atomic mass is 9.88. The van der Waals surface area contributed by atoms with Crippen molar-refractivity contribution in [2.24, 2.45) is 7.05 Å². The number of alkyl halides is 1. The maximum absolute atomic E-state index is 15.2. The monoisotopic (exact) mass is 534 g/mol. The molecule has 206 valence electrons. The molecule has 2 amide bonds. The Bertz CT molecular complexity index is 1410. The Balaban J connectivity index is 0.00000172. The molecule has 1 aliphatic rings. The first-order valence-electron chi connectivity index (χ1n) is 12.9. The quantitative estimate of drug-likeness (QED) is 0.321. The largest absolute Gasteiger partial charge is 0.380 e. The standard InChI is InChI=1S/C27H29FN6O3.C2H6/c1-18-24(21-13-30-33(2)14-21)32-34(22-7-5-4-6-8-22)25(18)31-26(35)29-12-20-11-19(15-36-3)9-10-23(20)27(28)16-37-17-27;1-2/h4-11,13-14H,12,15-17H2,1-3H3,(H2,29,31,35);1-2H3. The van der Waals surface area contributed by atoms with Crippen LogP contribution in [-0.4, -0.2) is 45.9 Å². The van der Waals surface area contributed by atoms with Gasteiger partial charge in [-0.15, -0.1) is 0 Å². The van der Waals surface area contributed by atoms with E-state index < -0.39 is 11.7 Å². The number of carbonyl (C=O) groups excluding carboxylic acids is 1. The maximum Gasteiger partial charge on any atom is 0.320 e. The number of hydrogen-bond acceptors (Lipinski definition) is 5. The molecule has 1 saturated heterocycles. The highest BCUT2D eigenvalue weighted by Gasteiger charge is 2.42. The van der Waals surface area contributed by atoms with Crippen LogP contribution in [0.15, 0.2) is 60.9 Å². The fourth-order valence-electron chi connectivity index (χ4n) is 4.47. The van der Waals surface area contributed by atoms with E-state index in [1.807, 2.05) is 76.5 Å². The van der Waals surface area contributed by atoms with Gasteiger partial charge >= 0.3 is 6.03 Å². The summed E-state index contributed by atoms with van der Waals surface area (Å²) in [6.07, 6.45) is 3.61. The normalized spacial score (nSPS) is 13.7. The first-order chi connectivity index (χ1) is 18.9. The second-order valence-electron chi connectivity index (χ2n) is 9.16. The molecule has 39 heavy (non-hydrogen) atoms. The number of para-hydroxylation sites is 1. The van der Waals surface area contributed by atoms with Crippen LogP contribution in [-0.2, 0) is 35.3 Å². The number of carbonyl (C=O) groups is 1. The Labute approximate surface area is 227 Å². The molecule has 5 rings (SSSR count). The third-order valence-electron chi connectivity index (χ3n) is 6.40. The molecule has 3 heterocycles. The zero-order valence-electron chi connectivity index (χ0n) is 23.0. The second-order valence-corrected chi connectivity index (χ2v) is 9.16. The summed E-state index contributed by atoms with van der Waals surface area (Å²) < 4.78 is 29.0. The lowest BCUT2D eigenvalue weighted by Crippen LogP contribution is -2.43. The van der Waals surface area contributed by atoms with Gasteiger partial charge in [0.15, 0.2) is 5.67 Å². The van der Waals surface area contributed by atoms with Crippen LogP contribution < -0.4 is 10.6 Å². The van der Waals surface area contributed by atoms with E-state index in [9.17, 15) is 4.79 Å². The number of aromatic nitrogens is 4. The van der Waals surface area contributed by atoms with E-state index in [4.69, 9.17) is 14.6 Å². The second kappa shape index (κ2) is 12.2. The van der Waals surface area contributed by atoms with Crippen molar-refractivity contribution in [3.8, 4) is 16.9 Å². The lowest BCUT2D eigenvalue weighted by molar-refractivity contribution is -0.135. The summed E-state index contributed by atoms with van der Waals surface area (Å²) in [5.74, 6) is 0.533. The smallest absolute Gasteiger partial charge is 0.320 e. The van der Waals surface area contributed by atoms with Crippen LogP contribution in [0.25, 0.3) is 16.9 Å². The summed E-state index contributed by atoms with van der Waals surface area (Å²) >= 11 is 0. The van der Waals surface area contributed by atoms with Gasteiger partial charge in [-0.25, -0.2) is 13.9 Å². The summed E-state index contributed by atoms with van der Waals surface area (Å²) in [7, 11) is 3.44. The minimum Gasteiger partial charge on any atom is -0.380 e. The van der Waals surface area contributed by atoms with Crippen LogP contribution in [0.3, 0.4) is 0 Å². The molecule has 10 heteroatoms. The number of amides is 2. The van der Waals surface area contributed by atoms with Crippen molar-refractivity contribution in [3.05, 3.63) is 83.2 Å². The van der Waals surface area contributed by atoms with Crippen LogP contribution in [0.4, 0.5) is 15.0 Å². The predicted molar refractivity (Wildman–Crippen MR) is 148 cm³/mol. The molecule has 0 aliphatic carbocycles. The van der Waals surface area contributed by atoms with Gasteiger partial charge in [-0.1, -0.05) is 50.2 Å². The molecular formula is C29H35FN6O3. The van der Waals surface area contributed by atoms with Crippen molar-refractivity contribution < 1.29 is 18.7 Å². The number of nitrogens with one attached hydrogen (secondary N) is 2. The van der Waals surface area contributed by atoms with E-state index in [0.29, 0.717) is 29.2 Å². The lowest BCUT2D eigenvalue weighted by Gasteiger charge is -2.35. The third-order valence-corrected chi connectivity index (χ3v) is 6.40. The van der Waals surface area contributed by atoms with Gasteiger partial charge < -0.3 is 14.8 Å².